The first-order chi connectivity index (χ1) is 16.1. The van der Waals surface area contributed by atoms with Crippen LogP contribution in [0.25, 0.3) is 10.8 Å². The number of benzene rings is 3. The Morgan fingerprint density at radius 1 is 0.971 bits per heavy atom. The van der Waals surface area contributed by atoms with Crippen LogP contribution in [0.15, 0.2) is 71.6 Å². The maximum atomic E-state index is 12.8. The molecule has 9 nitrogen and oxygen atoms in total. The first-order valence-electron chi connectivity index (χ1n) is 10.3. The first-order valence-corrected chi connectivity index (χ1v) is 11.8. The zero-order chi connectivity index (χ0) is 24.9. The van der Waals surface area contributed by atoms with Gasteiger partial charge in [-0.1, -0.05) is 42.5 Å². The molecule has 3 aromatic carbocycles. The van der Waals surface area contributed by atoms with Gasteiger partial charge in [-0.2, -0.15) is 4.72 Å². The van der Waals surface area contributed by atoms with Crippen molar-refractivity contribution in [1.29, 1.82) is 0 Å². The summed E-state index contributed by atoms with van der Waals surface area (Å²) in [5.41, 5.74) is 0.727. The molecule has 2 atom stereocenters. The van der Waals surface area contributed by atoms with Crippen LogP contribution in [0.2, 0.25) is 0 Å². The smallest absolute Gasteiger partial charge is 0.327 e. The van der Waals surface area contributed by atoms with Crippen LogP contribution in [0.1, 0.15) is 24.2 Å². The van der Waals surface area contributed by atoms with Crippen molar-refractivity contribution in [1.82, 2.24) is 4.72 Å². The van der Waals surface area contributed by atoms with Crippen molar-refractivity contribution in [3.8, 4) is 0 Å². The summed E-state index contributed by atoms with van der Waals surface area (Å²) in [6, 6.07) is 16.2. The van der Waals surface area contributed by atoms with Crippen molar-refractivity contribution in [2.75, 3.05) is 11.9 Å². The molecule has 10 heteroatoms. The number of nitrogens with one attached hydrogen (secondary N) is 2. The molecule has 0 saturated heterocycles. The van der Waals surface area contributed by atoms with E-state index in [4.69, 9.17) is 4.74 Å². The number of hydrogen-bond donors (Lipinski definition) is 3. The van der Waals surface area contributed by atoms with Crippen molar-refractivity contribution in [3.05, 3.63) is 72.3 Å². The number of ether oxygens (including phenoxy) is 1. The van der Waals surface area contributed by atoms with E-state index in [0.717, 1.165) is 5.39 Å². The summed E-state index contributed by atoms with van der Waals surface area (Å²) in [5.74, 6) is -2.00. The summed E-state index contributed by atoms with van der Waals surface area (Å²) in [6.07, 6.45) is -1.43. The van der Waals surface area contributed by atoms with E-state index in [0.29, 0.717) is 16.6 Å². The molecule has 3 rings (SSSR count). The first kappa shape index (κ1) is 25.0. The molecule has 1 amide bonds. The number of aliphatic hydroxyl groups is 1. The van der Waals surface area contributed by atoms with Crippen LogP contribution < -0.4 is 10.0 Å². The standard InChI is InChI=1S/C24H24N2O7S/c1-15(27)18-8-5-9-20(12-18)25-22(29)14-33-24(30)23(16(2)28)26-34(31,32)21-11-10-17-6-3-4-7-19(17)13-21/h3-13,16,23,26,28H,14H2,1-2H3,(H,25,29)/t16-,23-/m0/s1. The Kier molecular flexibility index (Phi) is 7.77. The monoisotopic (exact) mass is 484 g/mol. The number of aliphatic hydroxyl groups excluding tert-OH is 1. The van der Waals surface area contributed by atoms with E-state index < -0.39 is 40.7 Å². The fraction of sp³-hybridized carbons (Fsp3) is 0.208. The molecule has 178 valence electrons. The molecule has 0 unspecified atom stereocenters. The number of carbonyl (C=O) groups excluding carboxylic acids is 3. The number of anilines is 1. The number of amides is 1. The third kappa shape index (κ3) is 6.25. The lowest BCUT2D eigenvalue weighted by atomic mass is 10.1. The molecule has 0 aromatic heterocycles. The van der Waals surface area contributed by atoms with Gasteiger partial charge >= 0.3 is 5.97 Å². The fourth-order valence-electron chi connectivity index (χ4n) is 3.15. The van der Waals surface area contributed by atoms with Gasteiger partial charge in [0.15, 0.2) is 12.4 Å². The van der Waals surface area contributed by atoms with Crippen molar-refractivity contribution >= 4 is 44.1 Å². The van der Waals surface area contributed by atoms with Crippen LogP contribution in [0, 0.1) is 0 Å². The maximum Gasteiger partial charge on any atom is 0.327 e. The highest BCUT2D eigenvalue weighted by Crippen LogP contribution is 2.19. The zero-order valence-corrected chi connectivity index (χ0v) is 19.3. The SMILES string of the molecule is CC(=O)c1cccc(NC(=O)COC(=O)[C@@H](NS(=O)(=O)c2ccc3ccccc3c2)[C@H](C)O)c1. The summed E-state index contributed by atoms with van der Waals surface area (Å²) >= 11 is 0. The predicted molar refractivity (Wildman–Crippen MR) is 126 cm³/mol. The molecule has 0 spiro atoms. The van der Waals surface area contributed by atoms with Crippen LogP contribution in [0.3, 0.4) is 0 Å². The summed E-state index contributed by atoms with van der Waals surface area (Å²) in [7, 11) is -4.18. The quantitative estimate of drug-likeness (QED) is 0.313. The van der Waals surface area contributed by atoms with Gasteiger partial charge in [-0.3, -0.25) is 14.4 Å². The van der Waals surface area contributed by atoms with Crippen LogP contribution >= 0.6 is 0 Å². The van der Waals surface area contributed by atoms with Crippen LogP contribution in [-0.4, -0.2) is 49.9 Å². The van der Waals surface area contributed by atoms with Gasteiger partial charge in [-0.15, -0.1) is 0 Å². The van der Waals surface area contributed by atoms with Gasteiger partial charge in [0.25, 0.3) is 5.91 Å². The van der Waals surface area contributed by atoms with E-state index in [2.05, 4.69) is 10.0 Å². The van der Waals surface area contributed by atoms with Crippen molar-refractivity contribution in [3.63, 3.8) is 0 Å². The largest absolute Gasteiger partial charge is 0.454 e. The third-order valence-corrected chi connectivity index (χ3v) is 6.39. The highest BCUT2D eigenvalue weighted by atomic mass is 32.2. The van der Waals surface area contributed by atoms with Gasteiger partial charge < -0.3 is 15.2 Å². The molecule has 0 bridgehead atoms. The predicted octanol–water partition coefficient (Wildman–Crippen LogP) is 2.25. The number of sulfonamides is 1. The lowest BCUT2D eigenvalue weighted by Gasteiger charge is -2.20. The molecule has 34 heavy (non-hydrogen) atoms. The molecule has 0 aliphatic carbocycles. The molecule has 0 radical (unpaired) electrons. The summed E-state index contributed by atoms with van der Waals surface area (Å²) in [6.45, 7) is 1.89. The topological polar surface area (TPSA) is 139 Å². The number of carbonyl (C=O) groups is 3. The molecule has 3 N–H and O–H groups in total. The summed E-state index contributed by atoms with van der Waals surface area (Å²) in [4.78, 5) is 36.0. The van der Waals surface area contributed by atoms with E-state index in [1.807, 2.05) is 12.1 Å². The number of esters is 1. The minimum absolute atomic E-state index is 0.0900. The molecule has 0 fully saturated rings. The highest BCUT2D eigenvalue weighted by molar-refractivity contribution is 7.89. The van der Waals surface area contributed by atoms with Crippen molar-refractivity contribution in [2.45, 2.75) is 30.9 Å². The van der Waals surface area contributed by atoms with Crippen molar-refractivity contribution in [2.24, 2.45) is 0 Å². The molecule has 0 heterocycles. The maximum absolute atomic E-state index is 12.8. The minimum Gasteiger partial charge on any atom is -0.454 e. The van der Waals surface area contributed by atoms with Crippen LogP contribution in [0.5, 0.6) is 0 Å². The van der Waals surface area contributed by atoms with Crippen LogP contribution in [-0.2, 0) is 24.3 Å². The van der Waals surface area contributed by atoms with Gasteiger partial charge in [-0.05, 0) is 48.9 Å². The molecule has 3 aromatic rings. The van der Waals surface area contributed by atoms with Gasteiger partial charge in [0, 0.05) is 11.3 Å². The number of Topliss-reactive ketones (excluding diaryl/α,β-unsaturated/α-hetero) is 1. The average molecular weight is 485 g/mol. The van der Waals surface area contributed by atoms with E-state index in [-0.39, 0.29) is 10.7 Å². The second kappa shape index (κ2) is 10.6. The molecule has 0 aliphatic heterocycles. The summed E-state index contributed by atoms with van der Waals surface area (Å²) in [5, 5.41) is 14.0. The van der Waals surface area contributed by atoms with E-state index in [9.17, 15) is 27.9 Å². The van der Waals surface area contributed by atoms with E-state index in [1.165, 1.54) is 32.0 Å². The zero-order valence-electron chi connectivity index (χ0n) is 18.5. The third-order valence-electron chi connectivity index (χ3n) is 4.95. The van der Waals surface area contributed by atoms with Gasteiger partial charge in [0.1, 0.15) is 6.04 Å². The highest BCUT2D eigenvalue weighted by Gasteiger charge is 2.31. The molecular weight excluding hydrogens is 460 g/mol. The normalized spacial score (nSPS) is 13.1. The Morgan fingerprint density at radius 3 is 2.35 bits per heavy atom. The number of fused-ring (bicyclic) bond motifs is 1. The Labute approximate surface area is 196 Å². The Morgan fingerprint density at radius 2 is 1.68 bits per heavy atom. The fourth-order valence-corrected chi connectivity index (χ4v) is 4.45. The number of ketones is 1. The van der Waals surface area contributed by atoms with Gasteiger partial charge in [0.05, 0.1) is 11.0 Å². The molecule has 0 saturated carbocycles. The molecule has 0 aliphatic rings. The lowest BCUT2D eigenvalue weighted by Crippen LogP contribution is -2.48. The second-order valence-electron chi connectivity index (χ2n) is 7.64. The van der Waals surface area contributed by atoms with Gasteiger partial charge in [0.2, 0.25) is 10.0 Å². The minimum atomic E-state index is -4.18. The van der Waals surface area contributed by atoms with Crippen molar-refractivity contribution < 1.29 is 32.6 Å². The number of rotatable bonds is 9. The average Bonchev–Trinajstić information content (AvgIpc) is 2.80. The lowest BCUT2D eigenvalue weighted by molar-refractivity contribution is -0.151. The number of hydrogen-bond acceptors (Lipinski definition) is 7. The van der Waals surface area contributed by atoms with Crippen LogP contribution in [0.4, 0.5) is 5.69 Å². The summed E-state index contributed by atoms with van der Waals surface area (Å²) < 4.78 is 32.7. The van der Waals surface area contributed by atoms with E-state index >= 15 is 0 Å². The Hall–Kier alpha value is -3.60. The molecular formula is C24H24N2O7S. The second-order valence-corrected chi connectivity index (χ2v) is 9.36. The van der Waals surface area contributed by atoms with E-state index in [1.54, 1.807) is 36.4 Å². The van der Waals surface area contributed by atoms with Gasteiger partial charge in [-0.25, -0.2) is 8.42 Å². The Bertz CT molecular complexity index is 1340. The Balaban J connectivity index is 1.66.